The first-order valence-corrected chi connectivity index (χ1v) is 4.45. The lowest BCUT2D eigenvalue weighted by atomic mass is 10.3. The molecular formula is C6H4Br2N2O2. The number of nitrogens with two attached hydrogens (primary N) is 1. The van der Waals surface area contributed by atoms with Crippen LogP contribution in [0, 0.1) is 0 Å². The van der Waals surface area contributed by atoms with Crippen molar-refractivity contribution < 1.29 is 9.90 Å². The molecule has 0 aliphatic heterocycles. The molecule has 0 spiro atoms. The highest BCUT2D eigenvalue weighted by Gasteiger charge is 2.13. The first kappa shape index (κ1) is 9.47. The lowest BCUT2D eigenvalue weighted by molar-refractivity contribution is 0.0992. The fourth-order valence-corrected chi connectivity index (χ4v) is 1.77. The molecule has 12 heavy (non-hydrogen) atoms. The van der Waals surface area contributed by atoms with Crippen molar-refractivity contribution in [3.63, 3.8) is 0 Å². The predicted molar refractivity (Wildman–Crippen MR) is 49.8 cm³/mol. The van der Waals surface area contributed by atoms with E-state index in [9.17, 15) is 9.90 Å². The van der Waals surface area contributed by atoms with Gasteiger partial charge < -0.3 is 10.8 Å². The van der Waals surface area contributed by atoms with E-state index in [1.807, 2.05) is 0 Å². The molecule has 1 aromatic heterocycles. The maximum absolute atomic E-state index is 10.7. The summed E-state index contributed by atoms with van der Waals surface area (Å²) in [4.78, 5) is 14.4. The van der Waals surface area contributed by atoms with E-state index in [1.165, 1.54) is 6.07 Å². The number of aromatic nitrogens is 1. The Hall–Kier alpha value is -0.620. The molecule has 4 nitrogen and oxygen atoms in total. The molecule has 0 saturated heterocycles. The first-order valence-electron chi connectivity index (χ1n) is 2.87. The Kier molecular flexibility index (Phi) is 2.69. The van der Waals surface area contributed by atoms with Crippen molar-refractivity contribution in [2.24, 2.45) is 5.73 Å². The zero-order valence-corrected chi connectivity index (χ0v) is 8.89. The summed E-state index contributed by atoms with van der Waals surface area (Å²) in [5, 5.41) is 9.26. The third-order valence-electron chi connectivity index (χ3n) is 1.15. The lowest BCUT2D eigenvalue weighted by Gasteiger charge is -2.01. The van der Waals surface area contributed by atoms with Crippen LogP contribution in [0.15, 0.2) is 15.1 Å². The summed E-state index contributed by atoms with van der Waals surface area (Å²) in [7, 11) is 0. The summed E-state index contributed by atoms with van der Waals surface area (Å²) < 4.78 is 0.805. The Morgan fingerprint density at radius 1 is 1.58 bits per heavy atom. The van der Waals surface area contributed by atoms with Crippen LogP contribution < -0.4 is 5.73 Å². The number of hydrogen-bond acceptors (Lipinski definition) is 3. The van der Waals surface area contributed by atoms with E-state index in [0.717, 1.165) is 0 Å². The molecule has 0 atom stereocenters. The van der Waals surface area contributed by atoms with Crippen molar-refractivity contribution in [3.05, 3.63) is 20.8 Å². The highest BCUT2D eigenvalue weighted by molar-refractivity contribution is 9.11. The molecule has 1 rings (SSSR count). The maximum Gasteiger partial charge on any atom is 0.271 e. The molecule has 0 aliphatic carbocycles. The van der Waals surface area contributed by atoms with Gasteiger partial charge in [0.05, 0.1) is 4.47 Å². The number of amides is 1. The number of nitrogens with zero attached hydrogens (tertiary/aromatic N) is 1. The highest BCUT2D eigenvalue weighted by atomic mass is 79.9. The van der Waals surface area contributed by atoms with Crippen LogP contribution in [0.1, 0.15) is 10.5 Å². The Morgan fingerprint density at radius 3 is 2.67 bits per heavy atom. The number of hydrogen-bond donors (Lipinski definition) is 2. The minimum Gasteiger partial charge on any atom is -0.504 e. The molecule has 1 aromatic rings. The maximum atomic E-state index is 10.7. The molecule has 0 saturated carbocycles. The van der Waals surface area contributed by atoms with E-state index in [1.54, 1.807) is 0 Å². The lowest BCUT2D eigenvalue weighted by Crippen LogP contribution is -2.13. The molecule has 0 radical (unpaired) electrons. The van der Waals surface area contributed by atoms with Gasteiger partial charge in [0, 0.05) is 0 Å². The number of carbonyl (C=O) groups is 1. The van der Waals surface area contributed by atoms with Gasteiger partial charge in [0.15, 0.2) is 11.4 Å². The van der Waals surface area contributed by atoms with Crippen LogP contribution in [-0.4, -0.2) is 16.0 Å². The van der Waals surface area contributed by atoms with Gasteiger partial charge in [0.1, 0.15) is 4.60 Å². The van der Waals surface area contributed by atoms with E-state index in [4.69, 9.17) is 5.73 Å². The largest absolute Gasteiger partial charge is 0.504 e. The van der Waals surface area contributed by atoms with Crippen LogP contribution in [-0.2, 0) is 0 Å². The average Bonchev–Trinajstić information content (AvgIpc) is 1.96. The minimum absolute atomic E-state index is 0.156. The quantitative estimate of drug-likeness (QED) is 0.769. The molecule has 0 fully saturated rings. The normalized spacial score (nSPS) is 9.83. The van der Waals surface area contributed by atoms with Gasteiger partial charge >= 0.3 is 0 Å². The number of halogens is 2. The molecule has 64 valence electrons. The van der Waals surface area contributed by atoms with Gasteiger partial charge in [-0.05, 0) is 37.9 Å². The SMILES string of the molecule is NC(=O)c1nc(Br)cc(Br)c1O. The first-order chi connectivity index (χ1) is 5.52. The number of aromatic hydroxyl groups is 1. The van der Waals surface area contributed by atoms with Crippen LogP contribution in [0.3, 0.4) is 0 Å². The Labute approximate surface area is 85.0 Å². The fraction of sp³-hybridized carbons (Fsp3) is 0. The Morgan fingerprint density at radius 2 is 2.17 bits per heavy atom. The second-order valence-electron chi connectivity index (χ2n) is 1.99. The van der Waals surface area contributed by atoms with Gasteiger partial charge in [-0.15, -0.1) is 0 Å². The minimum atomic E-state index is -0.769. The molecule has 0 bridgehead atoms. The van der Waals surface area contributed by atoms with Crippen LogP contribution in [0.4, 0.5) is 0 Å². The van der Waals surface area contributed by atoms with Crippen LogP contribution in [0.5, 0.6) is 5.75 Å². The van der Waals surface area contributed by atoms with Crippen molar-refractivity contribution >= 4 is 37.8 Å². The van der Waals surface area contributed by atoms with Crippen LogP contribution in [0.2, 0.25) is 0 Å². The van der Waals surface area contributed by atoms with E-state index < -0.39 is 5.91 Å². The van der Waals surface area contributed by atoms with Gasteiger partial charge in [-0.25, -0.2) is 4.98 Å². The summed E-state index contributed by atoms with van der Waals surface area (Å²) in [5.74, 6) is -1.01. The van der Waals surface area contributed by atoms with E-state index >= 15 is 0 Å². The molecule has 1 heterocycles. The topological polar surface area (TPSA) is 76.2 Å². The molecule has 1 amide bonds. The van der Waals surface area contributed by atoms with Crippen molar-refractivity contribution in [1.29, 1.82) is 0 Å². The van der Waals surface area contributed by atoms with E-state index in [2.05, 4.69) is 36.8 Å². The van der Waals surface area contributed by atoms with Gasteiger partial charge in [0.25, 0.3) is 5.91 Å². The summed E-state index contributed by atoms with van der Waals surface area (Å²) in [6.07, 6.45) is 0. The predicted octanol–water partition coefficient (Wildman–Crippen LogP) is 1.41. The second kappa shape index (κ2) is 3.40. The second-order valence-corrected chi connectivity index (χ2v) is 3.66. The summed E-state index contributed by atoms with van der Waals surface area (Å²) in [6, 6.07) is 1.52. The van der Waals surface area contributed by atoms with E-state index in [-0.39, 0.29) is 11.4 Å². The highest BCUT2D eigenvalue weighted by Crippen LogP contribution is 2.28. The summed E-state index contributed by atoms with van der Waals surface area (Å²) in [5.41, 5.74) is 4.79. The third kappa shape index (κ3) is 1.75. The van der Waals surface area contributed by atoms with Crippen LogP contribution >= 0.6 is 31.9 Å². The third-order valence-corrected chi connectivity index (χ3v) is 2.16. The average molecular weight is 296 g/mol. The van der Waals surface area contributed by atoms with Crippen molar-refractivity contribution in [2.75, 3.05) is 0 Å². The standard InChI is InChI=1S/C6H4Br2N2O2/c7-2-1-3(8)10-4(5(2)11)6(9)12/h1,11H,(H2,9,12). The molecule has 0 aromatic carbocycles. The Bertz CT molecular complexity index is 341. The number of rotatable bonds is 1. The number of carbonyl (C=O) groups excluding carboxylic acids is 1. The molecule has 0 unspecified atom stereocenters. The zero-order valence-electron chi connectivity index (χ0n) is 5.71. The number of primary amides is 1. The summed E-state index contributed by atoms with van der Waals surface area (Å²) >= 11 is 6.09. The summed E-state index contributed by atoms with van der Waals surface area (Å²) in [6.45, 7) is 0. The van der Waals surface area contributed by atoms with Gasteiger partial charge in [-0.2, -0.15) is 0 Å². The molecule has 0 aliphatic rings. The molecular weight excluding hydrogens is 292 g/mol. The molecule has 3 N–H and O–H groups in total. The van der Waals surface area contributed by atoms with Gasteiger partial charge in [0.2, 0.25) is 0 Å². The monoisotopic (exact) mass is 294 g/mol. The van der Waals surface area contributed by atoms with E-state index in [0.29, 0.717) is 9.08 Å². The Balaban J connectivity index is 3.37. The van der Waals surface area contributed by atoms with Crippen LogP contribution in [0.25, 0.3) is 0 Å². The van der Waals surface area contributed by atoms with Gasteiger partial charge in [-0.1, -0.05) is 0 Å². The van der Waals surface area contributed by atoms with Crippen molar-refractivity contribution in [1.82, 2.24) is 4.98 Å². The fourth-order valence-electron chi connectivity index (χ4n) is 0.650. The zero-order chi connectivity index (χ0) is 9.30. The van der Waals surface area contributed by atoms with Gasteiger partial charge in [-0.3, -0.25) is 4.79 Å². The smallest absolute Gasteiger partial charge is 0.271 e. The number of pyridine rings is 1. The molecule has 6 heteroatoms. The van der Waals surface area contributed by atoms with Crippen molar-refractivity contribution in [2.45, 2.75) is 0 Å². The van der Waals surface area contributed by atoms with Crippen molar-refractivity contribution in [3.8, 4) is 5.75 Å².